The standard InChI is InChI=1S/C16H14N4O3S/c21-24(22)23-14(16-19-12-7-3-4-8-13(12)20-16)9-15-17-10-5-1-2-6-11(10)18-15/h1-8,14H,9H2,(H,17,18)(H,19,20)(H,21,22)/p-1. The number of rotatable bonds is 5. The van der Waals surface area contributed by atoms with Crippen LogP contribution in [0.15, 0.2) is 48.5 Å². The van der Waals surface area contributed by atoms with Crippen molar-refractivity contribution >= 4 is 33.4 Å². The molecule has 0 fully saturated rings. The Morgan fingerprint density at radius 2 is 1.62 bits per heavy atom. The van der Waals surface area contributed by atoms with E-state index in [4.69, 9.17) is 4.18 Å². The van der Waals surface area contributed by atoms with Gasteiger partial charge in [-0.25, -0.2) is 14.2 Å². The van der Waals surface area contributed by atoms with E-state index in [1.165, 1.54) is 0 Å². The van der Waals surface area contributed by atoms with Gasteiger partial charge in [-0.05, 0) is 24.3 Å². The Labute approximate surface area is 139 Å². The first kappa shape index (κ1) is 15.0. The van der Waals surface area contributed by atoms with Crippen molar-refractivity contribution in [3.05, 3.63) is 60.2 Å². The smallest absolute Gasteiger partial charge is 0.138 e. The van der Waals surface area contributed by atoms with Gasteiger partial charge in [0.05, 0.1) is 33.4 Å². The minimum atomic E-state index is -2.66. The Morgan fingerprint density at radius 1 is 1.00 bits per heavy atom. The second-order valence-corrected chi connectivity index (χ2v) is 5.93. The molecular weight excluding hydrogens is 328 g/mol. The molecule has 0 saturated carbocycles. The van der Waals surface area contributed by atoms with E-state index in [-0.39, 0.29) is 6.42 Å². The van der Waals surface area contributed by atoms with E-state index in [0.29, 0.717) is 11.6 Å². The van der Waals surface area contributed by atoms with E-state index in [2.05, 4.69) is 19.9 Å². The van der Waals surface area contributed by atoms with Gasteiger partial charge in [0.2, 0.25) is 0 Å². The maximum atomic E-state index is 11.1. The third kappa shape index (κ3) is 2.94. The fourth-order valence-electron chi connectivity index (χ4n) is 2.67. The van der Waals surface area contributed by atoms with Gasteiger partial charge in [-0.15, -0.1) is 0 Å². The molecule has 2 aromatic heterocycles. The normalized spacial score (nSPS) is 14.2. The fourth-order valence-corrected chi connectivity index (χ4v) is 3.02. The molecule has 0 aliphatic heterocycles. The summed E-state index contributed by atoms with van der Waals surface area (Å²) in [4.78, 5) is 15.2. The van der Waals surface area contributed by atoms with Crippen LogP contribution in [0, 0.1) is 0 Å². The van der Waals surface area contributed by atoms with Crippen LogP contribution in [0.2, 0.25) is 0 Å². The zero-order chi connectivity index (χ0) is 16.5. The zero-order valence-electron chi connectivity index (χ0n) is 12.4. The topological polar surface area (TPSA) is 107 Å². The van der Waals surface area contributed by atoms with Gasteiger partial charge < -0.3 is 14.5 Å². The van der Waals surface area contributed by atoms with E-state index in [0.717, 1.165) is 22.1 Å². The molecular formula is C16H13N4O3S-. The molecule has 24 heavy (non-hydrogen) atoms. The highest BCUT2D eigenvalue weighted by molar-refractivity contribution is 7.74. The summed E-state index contributed by atoms with van der Waals surface area (Å²) in [5, 5.41) is 0. The second kappa shape index (κ2) is 6.16. The summed E-state index contributed by atoms with van der Waals surface area (Å²) < 4.78 is 27.2. The van der Waals surface area contributed by atoms with Crippen molar-refractivity contribution in [2.75, 3.05) is 0 Å². The van der Waals surface area contributed by atoms with Gasteiger partial charge in [0, 0.05) is 6.42 Å². The molecule has 2 N–H and O–H groups in total. The van der Waals surface area contributed by atoms with Gasteiger partial charge in [0.15, 0.2) is 0 Å². The van der Waals surface area contributed by atoms with Crippen molar-refractivity contribution in [2.45, 2.75) is 12.5 Å². The molecule has 0 aliphatic rings. The Morgan fingerprint density at radius 3 is 2.25 bits per heavy atom. The van der Waals surface area contributed by atoms with Crippen molar-refractivity contribution < 1.29 is 12.9 Å². The van der Waals surface area contributed by atoms with Crippen LogP contribution in [0.1, 0.15) is 17.8 Å². The lowest BCUT2D eigenvalue weighted by Crippen LogP contribution is -2.12. The van der Waals surface area contributed by atoms with E-state index >= 15 is 0 Å². The molecule has 7 nitrogen and oxygen atoms in total. The van der Waals surface area contributed by atoms with Crippen molar-refractivity contribution in [1.29, 1.82) is 0 Å². The van der Waals surface area contributed by atoms with E-state index in [1.54, 1.807) is 0 Å². The predicted octanol–water partition coefficient (Wildman–Crippen LogP) is 2.53. The lowest BCUT2D eigenvalue weighted by Gasteiger charge is -2.15. The van der Waals surface area contributed by atoms with Crippen molar-refractivity contribution in [3.63, 3.8) is 0 Å². The molecule has 2 atom stereocenters. The Kier molecular flexibility index (Phi) is 3.85. The lowest BCUT2D eigenvalue weighted by molar-refractivity contribution is 0.194. The Hall–Kier alpha value is -2.55. The van der Waals surface area contributed by atoms with Crippen molar-refractivity contribution in [1.82, 2.24) is 19.9 Å². The number of H-pyrrole nitrogens is 2. The SMILES string of the molecule is O=S([O-])OC(Cc1nc2ccccc2[nH]1)c1nc2ccccc2[nH]1. The molecule has 2 unspecified atom stereocenters. The van der Waals surface area contributed by atoms with Gasteiger partial charge in [-0.3, -0.25) is 4.18 Å². The zero-order valence-corrected chi connectivity index (χ0v) is 13.2. The molecule has 0 aliphatic carbocycles. The highest BCUT2D eigenvalue weighted by Crippen LogP contribution is 2.23. The van der Waals surface area contributed by atoms with Crippen LogP contribution in [-0.2, 0) is 22.0 Å². The average Bonchev–Trinajstić information content (AvgIpc) is 3.16. The quantitative estimate of drug-likeness (QED) is 0.543. The number of aromatic amines is 2. The third-order valence-corrected chi connectivity index (χ3v) is 4.11. The van der Waals surface area contributed by atoms with Crippen LogP contribution in [0.3, 0.4) is 0 Å². The monoisotopic (exact) mass is 341 g/mol. The molecule has 4 rings (SSSR count). The lowest BCUT2D eigenvalue weighted by atomic mass is 10.2. The number of aromatic nitrogens is 4. The minimum Gasteiger partial charge on any atom is -0.750 e. The summed E-state index contributed by atoms with van der Waals surface area (Å²) in [6.07, 6.45) is -0.529. The van der Waals surface area contributed by atoms with Gasteiger partial charge in [0.25, 0.3) is 0 Å². The molecule has 0 spiro atoms. The summed E-state index contributed by atoms with van der Waals surface area (Å²) in [5.41, 5.74) is 3.28. The average molecular weight is 341 g/mol. The number of hydrogen-bond acceptors (Lipinski definition) is 5. The minimum absolute atomic E-state index is 0.252. The fraction of sp³-hybridized carbons (Fsp3) is 0.125. The molecule has 122 valence electrons. The predicted molar refractivity (Wildman–Crippen MR) is 88.6 cm³/mol. The number of fused-ring (bicyclic) bond motifs is 2. The van der Waals surface area contributed by atoms with Crippen LogP contribution >= 0.6 is 0 Å². The van der Waals surface area contributed by atoms with Crippen LogP contribution in [0.5, 0.6) is 0 Å². The molecule has 0 saturated heterocycles. The van der Waals surface area contributed by atoms with E-state index in [1.807, 2.05) is 48.5 Å². The van der Waals surface area contributed by atoms with Crippen LogP contribution in [0.4, 0.5) is 0 Å². The summed E-state index contributed by atoms with van der Waals surface area (Å²) in [6, 6.07) is 15.1. The van der Waals surface area contributed by atoms with Gasteiger partial charge in [-0.1, -0.05) is 24.3 Å². The summed E-state index contributed by atoms with van der Waals surface area (Å²) in [7, 11) is 0. The van der Waals surface area contributed by atoms with Crippen molar-refractivity contribution in [2.24, 2.45) is 0 Å². The first-order chi connectivity index (χ1) is 11.7. The van der Waals surface area contributed by atoms with Crippen LogP contribution < -0.4 is 0 Å². The number of para-hydroxylation sites is 4. The number of imidazole rings is 2. The molecule has 2 heterocycles. The van der Waals surface area contributed by atoms with E-state index in [9.17, 15) is 8.76 Å². The Bertz CT molecular complexity index is 960. The van der Waals surface area contributed by atoms with E-state index < -0.39 is 17.5 Å². The number of nitrogens with one attached hydrogen (secondary N) is 2. The summed E-state index contributed by atoms with van der Waals surface area (Å²) in [6.45, 7) is 0. The summed E-state index contributed by atoms with van der Waals surface area (Å²) in [5.74, 6) is 1.08. The van der Waals surface area contributed by atoms with Gasteiger partial charge in [-0.2, -0.15) is 0 Å². The molecule has 2 aromatic carbocycles. The molecule has 4 aromatic rings. The second-order valence-electron chi connectivity index (χ2n) is 5.33. The highest BCUT2D eigenvalue weighted by atomic mass is 32.2. The number of nitrogens with zero attached hydrogens (tertiary/aromatic N) is 2. The molecule has 0 amide bonds. The maximum Gasteiger partial charge on any atom is 0.138 e. The van der Waals surface area contributed by atoms with Gasteiger partial charge in [0.1, 0.15) is 17.8 Å². The van der Waals surface area contributed by atoms with Gasteiger partial charge >= 0.3 is 0 Å². The molecule has 0 radical (unpaired) electrons. The first-order valence-electron chi connectivity index (χ1n) is 7.34. The molecule has 0 bridgehead atoms. The first-order valence-corrected chi connectivity index (χ1v) is 8.34. The highest BCUT2D eigenvalue weighted by Gasteiger charge is 2.20. The van der Waals surface area contributed by atoms with Crippen LogP contribution in [0.25, 0.3) is 22.1 Å². The number of benzene rings is 2. The summed E-state index contributed by atoms with van der Waals surface area (Å²) >= 11 is -2.66. The molecule has 8 heteroatoms. The maximum absolute atomic E-state index is 11.1. The Balaban J connectivity index is 1.69. The van der Waals surface area contributed by atoms with Crippen molar-refractivity contribution in [3.8, 4) is 0 Å². The van der Waals surface area contributed by atoms with Crippen LogP contribution in [-0.4, -0.2) is 28.7 Å². The number of hydrogen-bond donors (Lipinski definition) is 2. The third-order valence-electron chi connectivity index (χ3n) is 3.72. The largest absolute Gasteiger partial charge is 0.750 e.